The van der Waals surface area contributed by atoms with Crippen LogP contribution in [-0.2, 0) is 16.1 Å². The summed E-state index contributed by atoms with van der Waals surface area (Å²) in [6, 6.07) is 9.81. The average Bonchev–Trinajstić information content (AvgIpc) is 3.27. The van der Waals surface area contributed by atoms with E-state index in [1.165, 1.54) is 6.33 Å². The highest BCUT2D eigenvalue weighted by molar-refractivity contribution is 5.97. The number of amides is 2. The Kier molecular flexibility index (Phi) is 5.66. The molecule has 0 radical (unpaired) electrons. The van der Waals surface area contributed by atoms with E-state index in [1.807, 2.05) is 40.1 Å². The molecule has 2 aromatic rings. The van der Waals surface area contributed by atoms with Crippen LogP contribution in [0.3, 0.4) is 0 Å². The van der Waals surface area contributed by atoms with Crippen LogP contribution in [0.25, 0.3) is 0 Å². The summed E-state index contributed by atoms with van der Waals surface area (Å²) in [6.07, 6.45) is 5.42. The van der Waals surface area contributed by atoms with Crippen LogP contribution in [0.2, 0.25) is 0 Å². The van der Waals surface area contributed by atoms with Crippen LogP contribution in [0.5, 0.6) is 0 Å². The number of nitrogens with zero attached hydrogens (tertiary/aromatic N) is 6. The lowest BCUT2D eigenvalue weighted by Crippen LogP contribution is -2.58. The van der Waals surface area contributed by atoms with E-state index < -0.39 is 0 Å². The topological polar surface area (TPSA) is 74.6 Å². The smallest absolute Gasteiger partial charge is 0.244 e. The van der Waals surface area contributed by atoms with Gasteiger partial charge in [-0.25, -0.2) is 4.98 Å². The largest absolute Gasteiger partial charge is 0.340 e. The average molecular weight is 382 g/mol. The first-order valence-electron chi connectivity index (χ1n) is 9.93. The van der Waals surface area contributed by atoms with Crippen molar-refractivity contribution < 1.29 is 9.59 Å². The zero-order valence-corrected chi connectivity index (χ0v) is 16.0. The van der Waals surface area contributed by atoms with Crippen molar-refractivity contribution >= 4 is 17.5 Å². The quantitative estimate of drug-likeness (QED) is 0.772. The minimum Gasteiger partial charge on any atom is -0.340 e. The van der Waals surface area contributed by atoms with E-state index in [2.05, 4.69) is 15.0 Å². The molecule has 0 unspecified atom stereocenters. The molecule has 2 fully saturated rings. The summed E-state index contributed by atoms with van der Waals surface area (Å²) in [7, 11) is 0. The third-order valence-corrected chi connectivity index (χ3v) is 5.61. The maximum atomic E-state index is 13.1. The number of aryl methyl sites for hydroxylation is 1. The number of rotatable bonds is 5. The number of benzene rings is 1. The van der Waals surface area contributed by atoms with E-state index in [1.54, 1.807) is 11.0 Å². The molecular weight excluding hydrogens is 356 g/mol. The summed E-state index contributed by atoms with van der Waals surface area (Å²) in [5.74, 6) is 0.319. The number of carbonyl (C=O) groups is 2. The Morgan fingerprint density at radius 1 is 1.07 bits per heavy atom. The Bertz CT molecular complexity index is 786. The summed E-state index contributed by atoms with van der Waals surface area (Å²) < 4.78 is 1.67. The van der Waals surface area contributed by atoms with Gasteiger partial charge in [-0.2, -0.15) is 5.10 Å². The van der Waals surface area contributed by atoms with Crippen LogP contribution in [-0.4, -0.2) is 75.1 Å². The molecule has 0 saturated carbocycles. The van der Waals surface area contributed by atoms with Crippen molar-refractivity contribution in [3.05, 3.63) is 43.0 Å². The third kappa shape index (κ3) is 4.06. The van der Waals surface area contributed by atoms with Crippen molar-refractivity contribution in [1.29, 1.82) is 0 Å². The summed E-state index contributed by atoms with van der Waals surface area (Å²) in [4.78, 5) is 35.5. The van der Waals surface area contributed by atoms with Gasteiger partial charge < -0.3 is 9.80 Å². The van der Waals surface area contributed by atoms with Gasteiger partial charge in [-0.3, -0.25) is 19.2 Å². The van der Waals surface area contributed by atoms with E-state index in [9.17, 15) is 9.59 Å². The van der Waals surface area contributed by atoms with Gasteiger partial charge in [0.1, 0.15) is 12.7 Å². The van der Waals surface area contributed by atoms with Crippen molar-refractivity contribution in [2.45, 2.75) is 31.8 Å². The molecule has 2 amide bonds. The van der Waals surface area contributed by atoms with Crippen LogP contribution in [0.1, 0.15) is 19.3 Å². The Morgan fingerprint density at radius 3 is 2.57 bits per heavy atom. The van der Waals surface area contributed by atoms with Crippen LogP contribution in [0.15, 0.2) is 43.0 Å². The lowest BCUT2D eigenvalue weighted by atomic mass is 10.0. The van der Waals surface area contributed by atoms with Crippen LogP contribution < -0.4 is 4.90 Å². The van der Waals surface area contributed by atoms with Gasteiger partial charge in [-0.05, 0) is 25.0 Å². The molecule has 0 bridgehead atoms. The van der Waals surface area contributed by atoms with Crippen LogP contribution >= 0.6 is 0 Å². The molecule has 1 aromatic heterocycles. The molecule has 3 heterocycles. The fraction of sp³-hybridized carbons (Fsp3) is 0.500. The Morgan fingerprint density at radius 2 is 1.86 bits per heavy atom. The van der Waals surface area contributed by atoms with Crippen molar-refractivity contribution in [1.82, 2.24) is 24.6 Å². The highest BCUT2D eigenvalue weighted by Gasteiger charge is 2.35. The molecule has 148 valence electrons. The molecular formula is C20H26N6O2. The van der Waals surface area contributed by atoms with Crippen molar-refractivity contribution in [2.75, 3.05) is 37.6 Å². The highest BCUT2D eigenvalue weighted by Crippen LogP contribution is 2.24. The minimum absolute atomic E-state index is 0.0821. The van der Waals surface area contributed by atoms with E-state index >= 15 is 0 Å². The van der Waals surface area contributed by atoms with Gasteiger partial charge in [-0.15, -0.1) is 0 Å². The Balaban J connectivity index is 1.30. The maximum Gasteiger partial charge on any atom is 0.244 e. The molecule has 0 N–H and O–H groups in total. The lowest BCUT2D eigenvalue weighted by molar-refractivity contribution is -0.134. The summed E-state index contributed by atoms with van der Waals surface area (Å²) in [6.45, 7) is 4.16. The molecule has 1 atom stereocenters. The van der Waals surface area contributed by atoms with E-state index in [0.29, 0.717) is 26.1 Å². The molecule has 0 aliphatic carbocycles. The second-order valence-corrected chi connectivity index (χ2v) is 7.31. The van der Waals surface area contributed by atoms with Crippen LogP contribution in [0.4, 0.5) is 5.69 Å². The molecule has 2 aliphatic rings. The number of hydrogen-bond acceptors (Lipinski definition) is 5. The molecule has 0 spiro atoms. The number of piperazine rings is 1. The van der Waals surface area contributed by atoms with Gasteiger partial charge in [0.05, 0.1) is 12.6 Å². The van der Waals surface area contributed by atoms with Crippen molar-refractivity contribution in [3.8, 4) is 0 Å². The number of carbonyl (C=O) groups excluding carboxylic acids is 2. The first-order valence-corrected chi connectivity index (χ1v) is 9.93. The van der Waals surface area contributed by atoms with Crippen LogP contribution in [0, 0.1) is 0 Å². The maximum absolute atomic E-state index is 13.1. The molecule has 28 heavy (non-hydrogen) atoms. The SMILES string of the molecule is O=C(CCn1cncn1)N1CCN([C@@H]2CCCN(c3ccccc3)C2=O)CC1. The van der Waals surface area contributed by atoms with E-state index in [4.69, 9.17) is 0 Å². The Hall–Kier alpha value is -2.74. The monoisotopic (exact) mass is 382 g/mol. The number of anilines is 1. The first-order chi connectivity index (χ1) is 13.7. The van der Waals surface area contributed by atoms with Crippen molar-refractivity contribution in [2.24, 2.45) is 0 Å². The highest BCUT2D eigenvalue weighted by atomic mass is 16.2. The normalized spacial score (nSPS) is 21.1. The van der Waals surface area contributed by atoms with Gasteiger partial charge in [0, 0.05) is 44.8 Å². The standard InChI is InChI=1S/C20H26N6O2/c27-19(8-10-25-16-21-15-22-25)24-13-11-23(12-14-24)18-7-4-9-26(20(18)28)17-5-2-1-3-6-17/h1-3,5-6,15-16,18H,4,7-14H2/t18-/m1/s1. The second-order valence-electron chi connectivity index (χ2n) is 7.31. The fourth-order valence-corrected chi connectivity index (χ4v) is 4.06. The first kappa shape index (κ1) is 18.6. The predicted molar refractivity (Wildman–Crippen MR) is 105 cm³/mol. The number of para-hydroxylation sites is 1. The molecule has 2 saturated heterocycles. The Labute approximate surface area is 164 Å². The van der Waals surface area contributed by atoms with Gasteiger partial charge in [0.2, 0.25) is 11.8 Å². The van der Waals surface area contributed by atoms with Crippen molar-refractivity contribution in [3.63, 3.8) is 0 Å². The molecule has 8 heteroatoms. The van der Waals surface area contributed by atoms with Gasteiger partial charge >= 0.3 is 0 Å². The zero-order chi connectivity index (χ0) is 19.3. The van der Waals surface area contributed by atoms with Gasteiger partial charge in [0.25, 0.3) is 0 Å². The number of piperidine rings is 1. The summed E-state index contributed by atoms with van der Waals surface area (Å²) >= 11 is 0. The third-order valence-electron chi connectivity index (χ3n) is 5.61. The number of aromatic nitrogens is 3. The summed E-state index contributed by atoms with van der Waals surface area (Å²) in [5.41, 5.74) is 0.971. The molecule has 4 rings (SSSR count). The molecule has 8 nitrogen and oxygen atoms in total. The fourth-order valence-electron chi connectivity index (χ4n) is 4.06. The van der Waals surface area contributed by atoms with Gasteiger partial charge in [-0.1, -0.05) is 18.2 Å². The predicted octanol–water partition coefficient (Wildman–Crippen LogP) is 1.01. The molecule has 1 aromatic carbocycles. The van der Waals surface area contributed by atoms with E-state index in [-0.39, 0.29) is 17.9 Å². The lowest BCUT2D eigenvalue weighted by Gasteiger charge is -2.42. The zero-order valence-electron chi connectivity index (χ0n) is 16.0. The second kappa shape index (κ2) is 8.52. The van der Waals surface area contributed by atoms with E-state index in [0.717, 1.165) is 38.2 Å². The summed E-state index contributed by atoms with van der Waals surface area (Å²) in [5, 5.41) is 4.03. The minimum atomic E-state index is -0.0821. The van der Waals surface area contributed by atoms with Gasteiger partial charge in [0.15, 0.2) is 0 Å². The number of hydrogen-bond donors (Lipinski definition) is 0. The molecule has 2 aliphatic heterocycles.